The summed E-state index contributed by atoms with van der Waals surface area (Å²) in [5, 5.41) is 10.1. The van der Waals surface area contributed by atoms with Gasteiger partial charge < -0.3 is 9.64 Å². The molecule has 37 heavy (non-hydrogen) atoms. The van der Waals surface area contributed by atoms with Gasteiger partial charge in [0.2, 0.25) is 18.1 Å². The van der Waals surface area contributed by atoms with Crippen molar-refractivity contribution >= 4 is 46.5 Å². The quantitative estimate of drug-likeness (QED) is 0.130. The van der Waals surface area contributed by atoms with Crippen LogP contribution in [0.4, 0.5) is 16.2 Å². The first-order valence-electron chi connectivity index (χ1n) is 11.5. The largest absolute Gasteiger partial charge is 0.494 e. The van der Waals surface area contributed by atoms with Crippen molar-refractivity contribution in [3.63, 3.8) is 0 Å². The van der Waals surface area contributed by atoms with Gasteiger partial charge in [-0.15, -0.1) is 0 Å². The van der Waals surface area contributed by atoms with E-state index in [2.05, 4.69) is 4.85 Å². The standard InChI is InChI=1S/C27H25Cl2N4O4/c1-17-23(11-10-22(30-4)24(17)29)33-25(34)27(2,3)32(26(33)35)13-5-15-37-19-8-6-18(7-9-19)20-12-14-31(36)16-21(20)28/h6-12,14,16,36H,5,13,15H2,1-3H3/q+1. The molecule has 1 saturated heterocycles. The van der Waals surface area contributed by atoms with Gasteiger partial charge in [0.25, 0.3) is 5.91 Å². The van der Waals surface area contributed by atoms with Crippen LogP contribution in [0.5, 0.6) is 5.75 Å². The monoisotopic (exact) mass is 539 g/mol. The molecule has 1 aromatic heterocycles. The topological polar surface area (TPSA) is 78.3 Å². The fraction of sp³-hybridized carbons (Fsp3) is 0.259. The molecule has 2 aromatic carbocycles. The van der Waals surface area contributed by atoms with E-state index < -0.39 is 11.6 Å². The first kappa shape index (κ1) is 26.3. The van der Waals surface area contributed by atoms with Crippen LogP contribution in [0, 0.1) is 13.5 Å². The molecular weight excluding hydrogens is 515 g/mol. The predicted molar refractivity (Wildman–Crippen MR) is 140 cm³/mol. The number of rotatable bonds is 7. The van der Waals surface area contributed by atoms with E-state index in [1.165, 1.54) is 23.4 Å². The number of hydrogen-bond acceptors (Lipinski definition) is 4. The lowest BCUT2D eigenvalue weighted by atomic mass is 10.0. The number of urea groups is 1. The smallest absolute Gasteiger partial charge is 0.332 e. The Kier molecular flexibility index (Phi) is 7.30. The van der Waals surface area contributed by atoms with Gasteiger partial charge in [-0.3, -0.25) is 10.0 Å². The van der Waals surface area contributed by atoms with Gasteiger partial charge in [-0.1, -0.05) is 41.4 Å². The van der Waals surface area contributed by atoms with Gasteiger partial charge >= 0.3 is 6.03 Å². The van der Waals surface area contributed by atoms with E-state index in [9.17, 15) is 14.8 Å². The van der Waals surface area contributed by atoms with Crippen molar-refractivity contribution in [1.29, 1.82) is 0 Å². The van der Waals surface area contributed by atoms with E-state index in [4.69, 9.17) is 34.5 Å². The van der Waals surface area contributed by atoms with Crippen molar-refractivity contribution in [3.05, 3.63) is 81.9 Å². The number of hydrogen-bond donors (Lipinski definition) is 1. The first-order valence-corrected chi connectivity index (χ1v) is 12.3. The molecule has 0 unspecified atom stereocenters. The van der Waals surface area contributed by atoms with E-state index >= 15 is 0 Å². The molecule has 1 N–H and O–H groups in total. The van der Waals surface area contributed by atoms with Crippen LogP contribution in [0.3, 0.4) is 0 Å². The molecule has 190 valence electrons. The van der Waals surface area contributed by atoms with Crippen LogP contribution in [0.25, 0.3) is 16.0 Å². The molecule has 0 aliphatic carbocycles. The molecule has 1 fully saturated rings. The normalized spacial score (nSPS) is 14.7. The summed E-state index contributed by atoms with van der Waals surface area (Å²) in [5.74, 6) is 0.304. The van der Waals surface area contributed by atoms with Crippen LogP contribution in [0.1, 0.15) is 25.8 Å². The van der Waals surface area contributed by atoms with Gasteiger partial charge in [-0.2, -0.15) is 0 Å². The van der Waals surface area contributed by atoms with Crippen LogP contribution >= 0.6 is 23.2 Å². The Labute approximate surface area is 225 Å². The summed E-state index contributed by atoms with van der Waals surface area (Å²) >= 11 is 12.5. The highest BCUT2D eigenvalue weighted by molar-refractivity contribution is 6.35. The third-order valence-corrected chi connectivity index (χ3v) is 7.16. The van der Waals surface area contributed by atoms with Gasteiger partial charge in [-0.05, 0) is 56.5 Å². The summed E-state index contributed by atoms with van der Waals surface area (Å²) < 4.78 is 6.74. The van der Waals surface area contributed by atoms with E-state index in [1.54, 1.807) is 32.9 Å². The van der Waals surface area contributed by atoms with Crippen LogP contribution in [-0.2, 0) is 4.79 Å². The Morgan fingerprint density at radius 3 is 2.46 bits per heavy atom. The molecule has 0 bridgehead atoms. The van der Waals surface area contributed by atoms with Crippen LogP contribution in [-0.4, -0.2) is 40.7 Å². The Morgan fingerprint density at radius 1 is 1.11 bits per heavy atom. The minimum absolute atomic E-state index is 0.232. The molecule has 3 aromatic rings. The molecule has 1 aliphatic rings. The molecule has 0 spiro atoms. The molecule has 2 heterocycles. The lowest BCUT2D eigenvalue weighted by Crippen LogP contribution is -2.44. The molecule has 0 saturated carbocycles. The third kappa shape index (κ3) is 4.93. The number of anilines is 1. The minimum atomic E-state index is -1.04. The van der Waals surface area contributed by atoms with Gasteiger partial charge in [0.15, 0.2) is 0 Å². The summed E-state index contributed by atoms with van der Waals surface area (Å²) in [5.41, 5.74) is 1.77. The highest BCUT2D eigenvalue weighted by Crippen LogP contribution is 2.39. The van der Waals surface area contributed by atoms with Crippen molar-refractivity contribution in [2.45, 2.75) is 32.7 Å². The average molecular weight is 540 g/mol. The summed E-state index contributed by atoms with van der Waals surface area (Å²) in [4.78, 5) is 32.6. The Bertz CT molecular complexity index is 1420. The van der Waals surface area contributed by atoms with Crippen LogP contribution in [0.15, 0.2) is 54.9 Å². The van der Waals surface area contributed by atoms with Crippen molar-refractivity contribution in [2.75, 3.05) is 18.1 Å². The Balaban J connectivity index is 1.40. The molecule has 8 nitrogen and oxygen atoms in total. The zero-order valence-electron chi connectivity index (χ0n) is 20.5. The Morgan fingerprint density at radius 2 is 1.81 bits per heavy atom. The van der Waals surface area contributed by atoms with Crippen LogP contribution < -0.4 is 14.4 Å². The molecule has 0 atom stereocenters. The highest BCUT2D eigenvalue weighted by atomic mass is 35.5. The lowest BCUT2D eigenvalue weighted by Gasteiger charge is -2.27. The molecule has 1 aliphatic heterocycles. The van der Waals surface area contributed by atoms with E-state index in [1.807, 2.05) is 24.3 Å². The molecule has 0 radical (unpaired) electrons. The maximum absolute atomic E-state index is 13.3. The number of carbonyl (C=O) groups is 2. The minimum Gasteiger partial charge on any atom is -0.494 e. The van der Waals surface area contributed by atoms with Crippen molar-refractivity contribution in [1.82, 2.24) is 4.90 Å². The highest BCUT2D eigenvalue weighted by Gasteiger charge is 2.51. The van der Waals surface area contributed by atoms with Crippen LogP contribution in [0.2, 0.25) is 10.0 Å². The predicted octanol–water partition coefficient (Wildman–Crippen LogP) is 6.06. The maximum Gasteiger partial charge on any atom is 0.332 e. The van der Waals surface area contributed by atoms with E-state index in [0.717, 1.165) is 20.8 Å². The number of benzene rings is 2. The zero-order chi connectivity index (χ0) is 26.9. The number of imide groups is 1. The fourth-order valence-corrected chi connectivity index (χ4v) is 4.72. The summed E-state index contributed by atoms with van der Waals surface area (Å²) in [6.45, 7) is 13.0. The molecule has 3 amide bonds. The third-order valence-electron chi connectivity index (χ3n) is 6.38. The van der Waals surface area contributed by atoms with Crippen molar-refractivity contribution in [2.24, 2.45) is 0 Å². The lowest BCUT2D eigenvalue weighted by molar-refractivity contribution is -0.904. The summed E-state index contributed by atoms with van der Waals surface area (Å²) in [6.07, 6.45) is 3.42. The summed E-state index contributed by atoms with van der Waals surface area (Å²) in [6, 6.07) is 11.8. The maximum atomic E-state index is 13.3. The number of ether oxygens (including phenoxy) is 1. The second-order valence-corrected chi connectivity index (χ2v) is 9.89. The number of amides is 3. The number of aromatic nitrogens is 1. The van der Waals surface area contributed by atoms with Crippen molar-refractivity contribution in [3.8, 4) is 16.9 Å². The Hall–Kier alpha value is -3.80. The molecule has 10 heteroatoms. The number of carbonyl (C=O) groups excluding carboxylic acids is 2. The van der Waals surface area contributed by atoms with Crippen molar-refractivity contribution < 1.29 is 24.3 Å². The number of halogens is 2. The zero-order valence-corrected chi connectivity index (χ0v) is 22.0. The number of pyridine rings is 1. The molecule has 4 rings (SSSR count). The second-order valence-electron chi connectivity index (χ2n) is 9.10. The van der Waals surface area contributed by atoms with Gasteiger partial charge in [0.05, 0.1) is 23.9 Å². The fourth-order valence-electron chi connectivity index (χ4n) is 4.25. The van der Waals surface area contributed by atoms with Gasteiger partial charge in [0.1, 0.15) is 16.3 Å². The summed E-state index contributed by atoms with van der Waals surface area (Å²) in [7, 11) is 0. The average Bonchev–Trinajstić information content (AvgIpc) is 3.03. The number of nitrogens with zero attached hydrogens (tertiary/aromatic N) is 4. The van der Waals surface area contributed by atoms with Gasteiger partial charge in [0, 0.05) is 22.9 Å². The van der Waals surface area contributed by atoms with E-state index in [0.29, 0.717) is 41.6 Å². The second kappa shape index (κ2) is 10.3. The molecular formula is C27H25Cl2N4O4+. The SMILES string of the molecule is [C-]#[N+]c1ccc(N2C(=O)N(CCCOc3ccc(-c4cc[n+](O)cc4Cl)cc3)C(C)(C)C2=O)c(C)c1Cl. The van der Waals surface area contributed by atoms with Gasteiger partial charge in [-0.25, -0.2) is 14.5 Å². The first-order chi connectivity index (χ1) is 17.6. The van der Waals surface area contributed by atoms with E-state index in [-0.39, 0.29) is 16.6 Å².